The number of rotatable bonds is 4. The van der Waals surface area contributed by atoms with E-state index >= 15 is 0 Å². The maximum atomic E-state index is 9.98. The van der Waals surface area contributed by atoms with Crippen LogP contribution in [0.5, 0.6) is 11.5 Å². The maximum absolute atomic E-state index is 9.98. The number of hydrogen-bond donors (Lipinski definition) is 2. The van der Waals surface area contributed by atoms with Crippen LogP contribution in [0, 0.1) is 0 Å². The third-order valence-electron chi connectivity index (χ3n) is 4.76. The Hall–Kier alpha value is -2.26. The van der Waals surface area contributed by atoms with E-state index in [1.165, 1.54) is 5.56 Å². The Kier molecular flexibility index (Phi) is 4.61. The van der Waals surface area contributed by atoms with Gasteiger partial charge in [0.2, 0.25) is 0 Å². The first-order valence-corrected chi connectivity index (χ1v) is 8.74. The summed E-state index contributed by atoms with van der Waals surface area (Å²) in [5.41, 5.74) is 2.19. The van der Waals surface area contributed by atoms with Crippen molar-refractivity contribution in [2.45, 2.75) is 44.2 Å². The average molecular weight is 337 g/mol. The summed E-state index contributed by atoms with van der Waals surface area (Å²) in [6, 6.07) is 16.5. The SMILES string of the molecule is COc1cc([C@@]2(c3ccccc3)C=C[C@@H](NC(C)(C)C)C2)ccc1O. The molecule has 0 unspecified atom stereocenters. The van der Waals surface area contributed by atoms with Crippen molar-refractivity contribution in [2.75, 3.05) is 7.11 Å². The van der Waals surface area contributed by atoms with Gasteiger partial charge in [-0.25, -0.2) is 0 Å². The van der Waals surface area contributed by atoms with Gasteiger partial charge in [-0.2, -0.15) is 0 Å². The van der Waals surface area contributed by atoms with Gasteiger partial charge in [-0.3, -0.25) is 0 Å². The third kappa shape index (κ3) is 3.57. The van der Waals surface area contributed by atoms with Crippen molar-refractivity contribution in [3.05, 3.63) is 71.8 Å². The van der Waals surface area contributed by atoms with Crippen molar-refractivity contribution in [3.8, 4) is 11.5 Å². The third-order valence-corrected chi connectivity index (χ3v) is 4.76. The molecule has 0 radical (unpaired) electrons. The lowest BCUT2D eigenvalue weighted by molar-refractivity contribution is 0.365. The van der Waals surface area contributed by atoms with Crippen LogP contribution in [-0.2, 0) is 5.41 Å². The van der Waals surface area contributed by atoms with Gasteiger partial charge in [0.05, 0.1) is 7.11 Å². The molecule has 2 aromatic rings. The van der Waals surface area contributed by atoms with Crippen LogP contribution in [0.15, 0.2) is 60.7 Å². The quantitative estimate of drug-likeness (QED) is 0.812. The Bertz CT molecular complexity index is 761. The zero-order valence-electron chi connectivity index (χ0n) is 15.4. The molecule has 3 heteroatoms. The van der Waals surface area contributed by atoms with Gasteiger partial charge in [0.25, 0.3) is 0 Å². The van der Waals surface area contributed by atoms with Crippen LogP contribution < -0.4 is 10.1 Å². The summed E-state index contributed by atoms with van der Waals surface area (Å²) in [7, 11) is 1.59. The molecule has 0 saturated heterocycles. The number of phenols is 1. The Morgan fingerprint density at radius 3 is 2.44 bits per heavy atom. The van der Waals surface area contributed by atoms with E-state index < -0.39 is 0 Å². The lowest BCUT2D eigenvalue weighted by Crippen LogP contribution is -2.43. The number of aromatic hydroxyl groups is 1. The molecule has 2 aromatic carbocycles. The molecule has 25 heavy (non-hydrogen) atoms. The highest BCUT2D eigenvalue weighted by molar-refractivity contribution is 5.52. The van der Waals surface area contributed by atoms with E-state index in [-0.39, 0.29) is 16.7 Å². The molecular formula is C22H27NO2. The fourth-order valence-corrected chi connectivity index (χ4v) is 3.70. The van der Waals surface area contributed by atoms with Crippen molar-refractivity contribution in [3.63, 3.8) is 0 Å². The van der Waals surface area contributed by atoms with Gasteiger partial charge in [-0.05, 0) is 50.5 Å². The maximum Gasteiger partial charge on any atom is 0.160 e. The number of benzene rings is 2. The Morgan fingerprint density at radius 2 is 1.80 bits per heavy atom. The lowest BCUT2D eigenvalue weighted by atomic mass is 9.73. The summed E-state index contributed by atoms with van der Waals surface area (Å²) in [5.74, 6) is 0.675. The van der Waals surface area contributed by atoms with Crippen molar-refractivity contribution in [2.24, 2.45) is 0 Å². The van der Waals surface area contributed by atoms with Crippen molar-refractivity contribution in [1.29, 1.82) is 0 Å². The Labute approximate surface area is 150 Å². The number of methoxy groups -OCH3 is 1. The van der Waals surface area contributed by atoms with E-state index in [4.69, 9.17) is 4.74 Å². The highest BCUT2D eigenvalue weighted by Gasteiger charge is 2.39. The van der Waals surface area contributed by atoms with Crippen LogP contribution in [0.2, 0.25) is 0 Å². The van der Waals surface area contributed by atoms with Crippen LogP contribution in [0.1, 0.15) is 38.3 Å². The van der Waals surface area contributed by atoms with E-state index in [2.05, 4.69) is 62.5 Å². The van der Waals surface area contributed by atoms with E-state index in [1.54, 1.807) is 13.2 Å². The number of nitrogens with one attached hydrogen (secondary N) is 1. The van der Waals surface area contributed by atoms with E-state index in [0.29, 0.717) is 11.8 Å². The monoisotopic (exact) mass is 337 g/mol. The summed E-state index contributed by atoms with van der Waals surface area (Å²) in [4.78, 5) is 0. The zero-order chi connectivity index (χ0) is 18.1. The summed E-state index contributed by atoms with van der Waals surface area (Å²) >= 11 is 0. The normalized spacial score (nSPS) is 23.0. The van der Waals surface area contributed by atoms with Gasteiger partial charge in [0.1, 0.15) is 0 Å². The molecule has 0 fully saturated rings. The van der Waals surface area contributed by atoms with Gasteiger partial charge >= 0.3 is 0 Å². The largest absolute Gasteiger partial charge is 0.504 e. The predicted octanol–water partition coefficient (Wildman–Crippen LogP) is 4.40. The lowest BCUT2D eigenvalue weighted by Gasteiger charge is -2.33. The topological polar surface area (TPSA) is 41.5 Å². The van der Waals surface area contributed by atoms with E-state index in [0.717, 1.165) is 12.0 Å². The minimum absolute atomic E-state index is 0.0500. The molecule has 2 atom stereocenters. The molecule has 3 rings (SSSR count). The zero-order valence-corrected chi connectivity index (χ0v) is 15.4. The Morgan fingerprint density at radius 1 is 1.08 bits per heavy atom. The first-order chi connectivity index (χ1) is 11.8. The first-order valence-electron chi connectivity index (χ1n) is 8.74. The van der Waals surface area contributed by atoms with Gasteiger partial charge in [-0.1, -0.05) is 48.6 Å². The molecule has 1 aliphatic rings. The van der Waals surface area contributed by atoms with Gasteiger partial charge in [-0.15, -0.1) is 0 Å². The van der Waals surface area contributed by atoms with Crippen LogP contribution in [-0.4, -0.2) is 23.8 Å². The highest BCUT2D eigenvalue weighted by atomic mass is 16.5. The van der Waals surface area contributed by atoms with Crippen LogP contribution in [0.25, 0.3) is 0 Å². The van der Waals surface area contributed by atoms with Gasteiger partial charge in [0, 0.05) is 17.0 Å². The first kappa shape index (κ1) is 17.6. The summed E-state index contributed by atoms with van der Waals surface area (Å²) < 4.78 is 5.34. The van der Waals surface area contributed by atoms with Gasteiger partial charge in [0.15, 0.2) is 11.5 Å². The number of ether oxygens (including phenoxy) is 1. The Balaban J connectivity index is 2.05. The van der Waals surface area contributed by atoms with Crippen LogP contribution in [0.4, 0.5) is 0 Å². The van der Waals surface area contributed by atoms with Crippen LogP contribution in [0.3, 0.4) is 0 Å². The van der Waals surface area contributed by atoms with Crippen molar-refractivity contribution >= 4 is 0 Å². The van der Waals surface area contributed by atoms with Gasteiger partial charge < -0.3 is 15.2 Å². The number of allylic oxidation sites excluding steroid dienone is 1. The molecule has 0 amide bonds. The molecule has 3 nitrogen and oxygen atoms in total. The van der Waals surface area contributed by atoms with Crippen molar-refractivity contribution < 1.29 is 9.84 Å². The highest BCUT2D eigenvalue weighted by Crippen LogP contribution is 2.44. The molecule has 0 aliphatic heterocycles. The smallest absolute Gasteiger partial charge is 0.160 e. The standard InChI is InChI=1S/C22H27NO2/c1-21(2,3)23-18-12-13-22(15-18,16-8-6-5-7-9-16)17-10-11-19(24)20(14-17)25-4/h5-14,18,23-24H,15H2,1-4H3/t18-,22+/m1/s1. The second kappa shape index (κ2) is 6.57. The number of hydrogen-bond acceptors (Lipinski definition) is 3. The van der Waals surface area contributed by atoms with Crippen molar-refractivity contribution in [1.82, 2.24) is 5.32 Å². The summed E-state index contributed by atoms with van der Waals surface area (Å²) in [5, 5.41) is 13.7. The second-order valence-electron chi connectivity index (χ2n) is 7.79. The van der Waals surface area contributed by atoms with E-state index in [1.807, 2.05) is 18.2 Å². The minimum atomic E-state index is -0.231. The van der Waals surface area contributed by atoms with E-state index in [9.17, 15) is 5.11 Å². The predicted molar refractivity (Wildman–Crippen MR) is 102 cm³/mol. The molecule has 0 aromatic heterocycles. The molecular weight excluding hydrogens is 310 g/mol. The molecule has 0 heterocycles. The minimum Gasteiger partial charge on any atom is -0.504 e. The number of phenolic OH excluding ortho intramolecular Hbond substituents is 1. The molecule has 0 saturated carbocycles. The molecule has 0 spiro atoms. The molecule has 1 aliphatic carbocycles. The molecule has 2 N–H and O–H groups in total. The second-order valence-corrected chi connectivity index (χ2v) is 7.79. The summed E-state index contributed by atoms with van der Waals surface area (Å²) in [6.45, 7) is 6.56. The average Bonchev–Trinajstić information content (AvgIpc) is 2.99. The summed E-state index contributed by atoms with van der Waals surface area (Å²) in [6.07, 6.45) is 5.48. The fraction of sp³-hybridized carbons (Fsp3) is 0.364. The van der Waals surface area contributed by atoms with Crippen LogP contribution >= 0.6 is 0 Å². The molecule has 132 valence electrons. The molecule has 0 bridgehead atoms. The fourth-order valence-electron chi connectivity index (χ4n) is 3.70.